The van der Waals surface area contributed by atoms with Crippen molar-refractivity contribution in [3.05, 3.63) is 23.9 Å². The summed E-state index contributed by atoms with van der Waals surface area (Å²) < 4.78 is 45.2. The summed E-state index contributed by atoms with van der Waals surface area (Å²) in [6, 6.07) is 0. The zero-order chi connectivity index (χ0) is 18.7. The van der Waals surface area contributed by atoms with Gasteiger partial charge in [-0.1, -0.05) is 0 Å². The van der Waals surface area contributed by atoms with Crippen molar-refractivity contribution in [3.8, 4) is 5.88 Å². The molecule has 0 unspecified atom stereocenters. The largest absolute Gasteiger partial charge is 0.475 e. The molecule has 3 rings (SSSR count). The Labute approximate surface area is 148 Å². The molecule has 10 heteroatoms. The second-order valence-electron chi connectivity index (χ2n) is 6.34. The van der Waals surface area contributed by atoms with Gasteiger partial charge in [0, 0.05) is 0 Å². The maximum absolute atomic E-state index is 13.9. The first kappa shape index (κ1) is 18.4. The molecular weight excluding hydrogens is 351 g/mol. The SMILES string of the molecule is Cc1nn(C(F)F)cc1Nc1ncc(F)c(OC[C@H]2CC[C@H](O)CC2)n1. The molecule has 0 spiro atoms. The highest BCUT2D eigenvalue weighted by molar-refractivity contribution is 5.55. The van der Waals surface area contributed by atoms with Crippen molar-refractivity contribution in [2.45, 2.75) is 45.3 Å². The standard InChI is InChI=1S/C16H20F3N5O2/c1-9-13(7-24(23-9)15(18)19)21-16-20-6-12(17)14(22-16)26-8-10-2-4-11(25)5-3-10/h6-7,10-11,15,25H,2-5,8H2,1H3,(H,20,21,22)/t10-,11-. The second kappa shape index (κ2) is 7.90. The Kier molecular flexibility index (Phi) is 5.60. The summed E-state index contributed by atoms with van der Waals surface area (Å²) in [4.78, 5) is 7.77. The lowest BCUT2D eigenvalue weighted by Crippen LogP contribution is -2.23. The molecule has 0 radical (unpaired) electrons. The van der Waals surface area contributed by atoms with Crippen LogP contribution in [0.15, 0.2) is 12.4 Å². The van der Waals surface area contributed by atoms with Gasteiger partial charge in [-0.3, -0.25) is 0 Å². The van der Waals surface area contributed by atoms with Crippen LogP contribution in [0.3, 0.4) is 0 Å². The van der Waals surface area contributed by atoms with Gasteiger partial charge in [0.25, 0.3) is 5.88 Å². The molecule has 1 fully saturated rings. The van der Waals surface area contributed by atoms with Gasteiger partial charge in [0.2, 0.25) is 11.8 Å². The summed E-state index contributed by atoms with van der Waals surface area (Å²) >= 11 is 0. The molecule has 0 aromatic carbocycles. The molecule has 0 atom stereocenters. The van der Waals surface area contributed by atoms with Crippen LogP contribution in [0.25, 0.3) is 0 Å². The quantitative estimate of drug-likeness (QED) is 0.811. The molecule has 0 aliphatic heterocycles. The summed E-state index contributed by atoms with van der Waals surface area (Å²) in [6.45, 7) is -0.909. The zero-order valence-corrected chi connectivity index (χ0v) is 14.2. The van der Waals surface area contributed by atoms with Gasteiger partial charge in [0.15, 0.2) is 0 Å². The number of ether oxygens (including phenoxy) is 1. The molecule has 2 heterocycles. The number of aliphatic hydroxyl groups is 1. The molecule has 2 aromatic rings. The fourth-order valence-electron chi connectivity index (χ4n) is 2.85. The molecule has 1 aliphatic rings. The number of halogens is 3. The highest BCUT2D eigenvalue weighted by Gasteiger charge is 2.21. The van der Waals surface area contributed by atoms with Crippen molar-refractivity contribution in [2.24, 2.45) is 5.92 Å². The molecule has 142 valence electrons. The van der Waals surface area contributed by atoms with E-state index >= 15 is 0 Å². The van der Waals surface area contributed by atoms with Crippen LogP contribution >= 0.6 is 0 Å². The van der Waals surface area contributed by atoms with Crippen molar-refractivity contribution < 1.29 is 23.0 Å². The van der Waals surface area contributed by atoms with Gasteiger partial charge >= 0.3 is 6.55 Å². The third kappa shape index (κ3) is 4.43. The Balaban J connectivity index is 1.65. The number of nitrogens with zero attached hydrogens (tertiary/aromatic N) is 4. The Bertz CT molecular complexity index is 747. The molecule has 2 aromatic heterocycles. The number of hydrogen-bond donors (Lipinski definition) is 2. The molecule has 0 bridgehead atoms. The Morgan fingerprint density at radius 1 is 1.35 bits per heavy atom. The average molecular weight is 371 g/mol. The van der Waals surface area contributed by atoms with Crippen molar-refractivity contribution in [3.63, 3.8) is 0 Å². The van der Waals surface area contributed by atoms with E-state index in [0.29, 0.717) is 35.5 Å². The normalized spacial score (nSPS) is 20.4. The van der Waals surface area contributed by atoms with E-state index in [2.05, 4.69) is 20.4 Å². The summed E-state index contributed by atoms with van der Waals surface area (Å²) in [7, 11) is 0. The summed E-state index contributed by atoms with van der Waals surface area (Å²) in [5.41, 5.74) is 0.630. The lowest BCUT2D eigenvalue weighted by atomic mass is 9.88. The van der Waals surface area contributed by atoms with Gasteiger partial charge in [-0.2, -0.15) is 23.3 Å². The zero-order valence-electron chi connectivity index (χ0n) is 14.2. The fourth-order valence-corrected chi connectivity index (χ4v) is 2.85. The van der Waals surface area contributed by atoms with Gasteiger partial charge in [0.05, 0.1) is 36.5 Å². The fraction of sp³-hybridized carbons (Fsp3) is 0.562. The topological polar surface area (TPSA) is 85.1 Å². The Hall–Kier alpha value is -2.36. The van der Waals surface area contributed by atoms with E-state index in [0.717, 1.165) is 25.2 Å². The van der Waals surface area contributed by atoms with E-state index < -0.39 is 12.4 Å². The van der Waals surface area contributed by atoms with E-state index in [1.165, 1.54) is 0 Å². The van der Waals surface area contributed by atoms with E-state index in [9.17, 15) is 18.3 Å². The van der Waals surface area contributed by atoms with Gasteiger partial charge in [0.1, 0.15) is 0 Å². The predicted molar refractivity (Wildman–Crippen MR) is 86.9 cm³/mol. The third-order valence-electron chi connectivity index (χ3n) is 4.35. The number of anilines is 2. The number of hydrogen-bond acceptors (Lipinski definition) is 6. The number of alkyl halides is 2. The number of aliphatic hydroxyl groups excluding tert-OH is 1. The smallest absolute Gasteiger partial charge is 0.333 e. The highest BCUT2D eigenvalue weighted by atomic mass is 19.3. The Morgan fingerprint density at radius 3 is 2.73 bits per heavy atom. The van der Waals surface area contributed by atoms with Crippen molar-refractivity contribution in [1.29, 1.82) is 0 Å². The minimum Gasteiger partial charge on any atom is -0.475 e. The number of rotatable bonds is 6. The molecule has 0 saturated heterocycles. The maximum atomic E-state index is 13.9. The summed E-state index contributed by atoms with van der Waals surface area (Å²) in [6.07, 6.45) is 4.86. The van der Waals surface area contributed by atoms with Crippen LogP contribution in [0.1, 0.15) is 37.9 Å². The molecular formula is C16H20F3N5O2. The van der Waals surface area contributed by atoms with Crippen molar-refractivity contribution in [1.82, 2.24) is 19.7 Å². The summed E-state index contributed by atoms with van der Waals surface area (Å²) in [5.74, 6) is -0.646. The molecule has 2 N–H and O–H groups in total. The predicted octanol–water partition coefficient (Wildman–Crippen LogP) is 3.19. The average Bonchev–Trinajstić information content (AvgIpc) is 2.98. The van der Waals surface area contributed by atoms with Crippen LogP contribution in [0.5, 0.6) is 5.88 Å². The maximum Gasteiger partial charge on any atom is 0.333 e. The van der Waals surface area contributed by atoms with Crippen LogP contribution in [0, 0.1) is 18.7 Å². The van der Waals surface area contributed by atoms with Crippen molar-refractivity contribution >= 4 is 11.6 Å². The van der Waals surface area contributed by atoms with Gasteiger partial charge in [-0.15, -0.1) is 0 Å². The Morgan fingerprint density at radius 2 is 2.08 bits per heavy atom. The monoisotopic (exact) mass is 371 g/mol. The van der Waals surface area contributed by atoms with E-state index in [1.54, 1.807) is 6.92 Å². The van der Waals surface area contributed by atoms with Crippen LogP contribution < -0.4 is 10.1 Å². The third-order valence-corrected chi connectivity index (χ3v) is 4.35. The highest BCUT2D eigenvalue weighted by Crippen LogP contribution is 2.26. The van der Waals surface area contributed by atoms with Gasteiger partial charge in [-0.25, -0.2) is 9.67 Å². The minimum absolute atomic E-state index is 0.0254. The molecule has 0 amide bonds. The summed E-state index contributed by atoms with van der Waals surface area (Å²) in [5, 5.41) is 15.9. The van der Waals surface area contributed by atoms with Crippen LogP contribution in [-0.2, 0) is 0 Å². The molecule has 1 aliphatic carbocycles. The first-order valence-electron chi connectivity index (χ1n) is 8.36. The molecule has 1 saturated carbocycles. The van der Waals surface area contributed by atoms with E-state index in [-0.39, 0.29) is 23.9 Å². The lowest BCUT2D eigenvalue weighted by Gasteiger charge is -2.25. The minimum atomic E-state index is -2.76. The first-order chi connectivity index (χ1) is 12.4. The van der Waals surface area contributed by atoms with E-state index in [1.807, 2.05) is 0 Å². The lowest BCUT2D eigenvalue weighted by molar-refractivity contribution is 0.0563. The van der Waals surface area contributed by atoms with E-state index in [4.69, 9.17) is 4.74 Å². The number of nitrogens with one attached hydrogen (secondary N) is 1. The van der Waals surface area contributed by atoms with Crippen LogP contribution in [-0.4, -0.2) is 37.6 Å². The van der Waals surface area contributed by atoms with Crippen LogP contribution in [0.4, 0.5) is 24.8 Å². The molecule has 7 nitrogen and oxygen atoms in total. The number of aryl methyl sites for hydroxylation is 1. The second-order valence-corrected chi connectivity index (χ2v) is 6.34. The van der Waals surface area contributed by atoms with Gasteiger partial charge < -0.3 is 15.2 Å². The van der Waals surface area contributed by atoms with Gasteiger partial charge in [-0.05, 0) is 38.5 Å². The van der Waals surface area contributed by atoms with Crippen molar-refractivity contribution in [2.75, 3.05) is 11.9 Å². The number of aromatic nitrogens is 4. The molecule has 26 heavy (non-hydrogen) atoms. The van der Waals surface area contributed by atoms with Crippen LogP contribution in [0.2, 0.25) is 0 Å². The first-order valence-corrected chi connectivity index (χ1v) is 8.36.